The largest absolute Gasteiger partial charge is 0.481 e. The smallest absolute Gasteiger partial charge is 0.336 e. The number of esters is 1. The average Bonchev–Trinajstić information content (AvgIpc) is 2.93. The van der Waals surface area contributed by atoms with Crippen LogP contribution in [0.4, 0.5) is 0 Å². The molecule has 2 unspecified atom stereocenters. The van der Waals surface area contributed by atoms with Crippen LogP contribution >= 0.6 is 0 Å². The maximum atomic E-state index is 11.4. The number of hydrogen-bond acceptors (Lipinski definition) is 10. The van der Waals surface area contributed by atoms with Crippen molar-refractivity contribution in [2.45, 2.75) is 147 Å². The van der Waals surface area contributed by atoms with Crippen LogP contribution in [0.5, 0.6) is 0 Å². The van der Waals surface area contributed by atoms with Crippen molar-refractivity contribution in [1.29, 1.82) is 0 Å². The molecule has 0 rings (SSSR count). The van der Waals surface area contributed by atoms with Gasteiger partial charge in [-0.3, -0.25) is 14.4 Å². The van der Waals surface area contributed by atoms with Gasteiger partial charge in [0.2, 0.25) is 0 Å². The second kappa shape index (κ2) is 31.1. The summed E-state index contributed by atoms with van der Waals surface area (Å²) in [5.41, 5.74) is -2.74. The molecular formula is C30H58O13. The van der Waals surface area contributed by atoms with Crippen molar-refractivity contribution in [3.05, 3.63) is 0 Å². The topological polar surface area (TPSA) is 239 Å². The third-order valence-electron chi connectivity index (χ3n) is 6.18. The summed E-state index contributed by atoms with van der Waals surface area (Å²) in [5.74, 6) is -5.29. The predicted molar refractivity (Wildman–Crippen MR) is 159 cm³/mol. The Labute approximate surface area is 255 Å². The van der Waals surface area contributed by atoms with Crippen molar-refractivity contribution in [1.82, 2.24) is 0 Å². The molecule has 0 heterocycles. The molecule has 0 saturated heterocycles. The standard InChI is InChI=1S/C21H42O4.C6H8O7.C3H8O2/c1-2-3-4-5-6-7-8-9-10-11-12-13-14-15-16-17-21(24)25-19-20(23)18-22;7-3(8)1-6(13,5(11)12)2-4(9)10;1-3(5)2-4/h20,22-23H,2-19H2,1H3;13H,1-2H2,(H,7,8)(H,9,10)(H,11,12);3-5H,2H2,1H3. The van der Waals surface area contributed by atoms with Crippen LogP contribution in [-0.4, -0.2) is 102 Å². The van der Waals surface area contributed by atoms with Crippen LogP contribution in [0, 0.1) is 0 Å². The van der Waals surface area contributed by atoms with Crippen LogP contribution in [0.2, 0.25) is 0 Å². The van der Waals surface area contributed by atoms with Crippen molar-refractivity contribution in [2.24, 2.45) is 0 Å². The highest BCUT2D eigenvalue weighted by Crippen LogP contribution is 2.16. The molecule has 13 heteroatoms. The van der Waals surface area contributed by atoms with E-state index in [0.717, 1.165) is 12.8 Å². The van der Waals surface area contributed by atoms with Gasteiger partial charge in [0.25, 0.3) is 0 Å². The van der Waals surface area contributed by atoms with Gasteiger partial charge in [0, 0.05) is 6.42 Å². The zero-order valence-electron chi connectivity index (χ0n) is 26.1. The summed E-state index contributed by atoms with van der Waals surface area (Å²) in [6, 6.07) is 0. The predicted octanol–water partition coefficient (Wildman–Crippen LogP) is 3.26. The Bertz CT molecular complexity index is 682. The molecule has 0 spiro atoms. The van der Waals surface area contributed by atoms with Gasteiger partial charge in [-0.05, 0) is 13.3 Å². The first kappa shape index (κ1) is 45.1. The molecule has 13 nitrogen and oxygen atoms in total. The third-order valence-corrected chi connectivity index (χ3v) is 6.18. The molecule has 0 aliphatic carbocycles. The van der Waals surface area contributed by atoms with Crippen molar-refractivity contribution in [2.75, 3.05) is 19.8 Å². The lowest BCUT2D eigenvalue weighted by Gasteiger charge is -2.18. The van der Waals surface area contributed by atoms with Crippen LogP contribution < -0.4 is 0 Å². The number of aliphatic hydroxyl groups excluding tert-OH is 4. The number of carbonyl (C=O) groups excluding carboxylic acids is 1. The van der Waals surface area contributed by atoms with Crippen LogP contribution in [0.25, 0.3) is 0 Å². The second-order valence-corrected chi connectivity index (χ2v) is 10.7. The Balaban J connectivity index is -0.000000735. The van der Waals surface area contributed by atoms with Gasteiger partial charge in [0.05, 0.1) is 32.2 Å². The van der Waals surface area contributed by atoms with E-state index in [9.17, 15) is 19.2 Å². The number of aliphatic carboxylic acids is 3. The molecule has 2 atom stereocenters. The van der Waals surface area contributed by atoms with Crippen molar-refractivity contribution in [3.63, 3.8) is 0 Å². The minimum atomic E-state index is -2.74. The van der Waals surface area contributed by atoms with E-state index in [1.54, 1.807) is 0 Å². The van der Waals surface area contributed by atoms with E-state index in [2.05, 4.69) is 6.92 Å². The highest BCUT2D eigenvalue weighted by atomic mass is 16.5. The van der Waals surface area contributed by atoms with Crippen LogP contribution in [0.15, 0.2) is 0 Å². The average molecular weight is 627 g/mol. The number of carboxylic acids is 3. The lowest BCUT2D eigenvalue weighted by Crippen LogP contribution is -2.42. The van der Waals surface area contributed by atoms with E-state index in [4.69, 9.17) is 45.6 Å². The fraction of sp³-hybridized carbons (Fsp3) is 0.867. The molecule has 0 bridgehead atoms. The summed E-state index contributed by atoms with van der Waals surface area (Å²) in [6.07, 6.45) is 16.2. The first-order valence-electron chi connectivity index (χ1n) is 15.4. The highest BCUT2D eigenvalue weighted by Gasteiger charge is 2.40. The number of ether oxygens (including phenoxy) is 1. The van der Waals surface area contributed by atoms with E-state index < -0.39 is 48.6 Å². The summed E-state index contributed by atoms with van der Waals surface area (Å²) in [5, 5.41) is 67.5. The molecule has 8 N–H and O–H groups in total. The molecule has 0 aromatic heterocycles. The van der Waals surface area contributed by atoms with Gasteiger partial charge in [-0.2, -0.15) is 0 Å². The third kappa shape index (κ3) is 35.8. The number of aliphatic hydroxyl groups is 5. The van der Waals surface area contributed by atoms with E-state index in [1.807, 2.05) is 0 Å². The fourth-order valence-corrected chi connectivity index (χ4v) is 3.67. The van der Waals surface area contributed by atoms with Crippen molar-refractivity contribution < 1.29 is 64.8 Å². The quantitative estimate of drug-likeness (QED) is 0.0537. The van der Waals surface area contributed by atoms with E-state index in [1.165, 1.54) is 90.4 Å². The molecule has 0 fully saturated rings. The number of unbranched alkanes of at least 4 members (excludes halogenated alkanes) is 14. The Morgan fingerprint density at radius 2 is 1.00 bits per heavy atom. The van der Waals surface area contributed by atoms with Gasteiger partial charge < -0.3 is 45.6 Å². The summed E-state index contributed by atoms with van der Waals surface area (Å²) < 4.78 is 4.86. The van der Waals surface area contributed by atoms with Gasteiger partial charge in [0.1, 0.15) is 12.7 Å². The van der Waals surface area contributed by atoms with Crippen molar-refractivity contribution >= 4 is 23.9 Å². The fourth-order valence-electron chi connectivity index (χ4n) is 3.67. The number of rotatable bonds is 25. The van der Waals surface area contributed by atoms with Crippen LogP contribution in [-0.2, 0) is 23.9 Å². The SMILES string of the molecule is CC(O)CO.CCCCCCCCCCCCCCCCCC(=O)OCC(O)CO.O=C(O)CC(O)(CC(=O)O)C(=O)O. The Kier molecular flexibility index (Phi) is 32.6. The Hall–Kier alpha value is -2.32. The number of carboxylic acid groups (broad SMARTS) is 3. The van der Waals surface area contributed by atoms with Gasteiger partial charge in [-0.25, -0.2) is 4.79 Å². The molecular weight excluding hydrogens is 568 g/mol. The molecule has 43 heavy (non-hydrogen) atoms. The minimum Gasteiger partial charge on any atom is -0.481 e. The van der Waals surface area contributed by atoms with E-state index in [-0.39, 0.29) is 25.8 Å². The van der Waals surface area contributed by atoms with E-state index in [0.29, 0.717) is 6.42 Å². The molecule has 0 aliphatic rings. The van der Waals surface area contributed by atoms with Gasteiger partial charge >= 0.3 is 23.9 Å². The van der Waals surface area contributed by atoms with Gasteiger partial charge in [-0.1, -0.05) is 96.8 Å². The highest BCUT2D eigenvalue weighted by molar-refractivity contribution is 5.88. The van der Waals surface area contributed by atoms with Crippen LogP contribution in [0.3, 0.4) is 0 Å². The zero-order valence-corrected chi connectivity index (χ0v) is 26.1. The second-order valence-electron chi connectivity index (χ2n) is 10.7. The summed E-state index contributed by atoms with van der Waals surface area (Å²) in [6.45, 7) is 3.18. The minimum absolute atomic E-state index is 0.103. The number of carbonyl (C=O) groups is 4. The monoisotopic (exact) mass is 626 g/mol. The molecule has 0 aliphatic heterocycles. The summed E-state index contributed by atoms with van der Waals surface area (Å²) in [4.78, 5) is 41.9. The first-order chi connectivity index (χ1) is 20.2. The number of hydrogen-bond donors (Lipinski definition) is 8. The maximum absolute atomic E-state index is 11.4. The summed E-state index contributed by atoms with van der Waals surface area (Å²) in [7, 11) is 0. The molecule has 0 aromatic carbocycles. The molecule has 0 aromatic rings. The van der Waals surface area contributed by atoms with Crippen LogP contribution in [0.1, 0.15) is 129 Å². The molecule has 0 saturated carbocycles. The normalized spacial score (nSPS) is 12.2. The van der Waals surface area contributed by atoms with Crippen molar-refractivity contribution in [3.8, 4) is 0 Å². The Morgan fingerprint density at radius 1 is 0.651 bits per heavy atom. The van der Waals surface area contributed by atoms with E-state index >= 15 is 0 Å². The summed E-state index contributed by atoms with van der Waals surface area (Å²) >= 11 is 0. The van der Waals surface area contributed by atoms with Gasteiger partial charge in [0.15, 0.2) is 5.60 Å². The lowest BCUT2D eigenvalue weighted by atomic mass is 9.96. The lowest BCUT2D eigenvalue weighted by molar-refractivity contribution is -0.170. The first-order valence-corrected chi connectivity index (χ1v) is 15.4. The molecule has 0 amide bonds. The zero-order chi connectivity index (χ0) is 33.5. The van der Waals surface area contributed by atoms with Gasteiger partial charge in [-0.15, -0.1) is 0 Å². The molecule has 0 radical (unpaired) electrons. The Morgan fingerprint density at radius 3 is 1.28 bits per heavy atom. The maximum Gasteiger partial charge on any atom is 0.336 e. The molecule has 256 valence electrons.